The number of rotatable bonds is 4. The fraction of sp³-hybridized carbons (Fsp3) is 0.0500. The van der Waals surface area contributed by atoms with E-state index in [9.17, 15) is 15.0 Å². The zero-order valence-corrected chi connectivity index (χ0v) is 13.1. The topological polar surface area (TPSA) is 66.8 Å². The lowest BCUT2D eigenvalue weighted by Crippen LogP contribution is -1.94. The summed E-state index contributed by atoms with van der Waals surface area (Å²) in [5.41, 5.74) is 0.928. The van der Waals surface area contributed by atoms with Crippen LogP contribution < -0.4 is 4.74 Å². The van der Waals surface area contributed by atoms with Gasteiger partial charge in [0, 0.05) is 0 Å². The summed E-state index contributed by atoms with van der Waals surface area (Å²) in [5.74, 6) is 0.191. The fourth-order valence-corrected chi connectivity index (χ4v) is 2.46. The summed E-state index contributed by atoms with van der Waals surface area (Å²) in [6.07, 6.45) is 3.05. The third kappa shape index (κ3) is 3.22. The minimum atomic E-state index is -0.377. The maximum absolute atomic E-state index is 12.2. The molecule has 0 aliphatic heterocycles. The van der Waals surface area contributed by atoms with E-state index in [2.05, 4.69) is 0 Å². The highest BCUT2D eigenvalue weighted by Gasteiger charge is 2.09. The van der Waals surface area contributed by atoms with E-state index in [0.717, 1.165) is 22.1 Å². The number of phenolic OH excluding ortho intramolecular Hbond substituents is 2. The van der Waals surface area contributed by atoms with Gasteiger partial charge in [-0.2, -0.15) is 0 Å². The molecule has 2 N–H and O–H groups in total. The molecule has 3 aromatic rings. The van der Waals surface area contributed by atoms with Crippen LogP contribution in [0.15, 0.2) is 60.7 Å². The standard InChI is InChI=1S/C20H16O4/c1-24-17-7-5-14-10-13(2-4-15(14)11-17)3-8-19(22)18-12-16(21)6-9-20(18)23/h2-12,21,23H,1H3. The highest BCUT2D eigenvalue weighted by Crippen LogP contribution is 2.24. The van der Waals surface area contributed by atoms with Crippen LogP contribution in [0.1, 0.15) is 15.9 Å². The largest absolute Gasteiger partial charge is 0.508 e. The van der Waals surface area contributed by atoms with Crippen LogP contribution in [0.25, 0.3) is 16.8 Å². The summed E-state index contributed by atoms with van der Waals surface area (Å²) in [4.78, 5) is 12.2. The van der Waals surface area contributed by atoms with Crippen LogP contribution in [-0.4, -0.2) is 23.1 Å². The van der Waals surface area contributed by atoms with Crippen molar-refractivity contribution >= 4 is 22.6 Å². The van der Waals surface area contributed by atoms with Gasteiger partial charge in [0.25, 0.3) is 0 Å². The molecule has 0 unspecified atom stereocenters. The van der Waals surface area contributed by atoms with E-state index >= 15 is 0 Å². The molecule has 3 aromatic carbocycles. The number of benzene rings is 3. The molecular weight excluding hydrogens is 304 g/mol. The average molecular weight is 320 g/mol. The predicted molar refractivity (Wildman–Crippen MR) is 93.6 cm³/mol. The van der Waals surface area contributed by atoms with Crippen molar-refractivity contribution in [2.24, 2.45) is 0 Å². The van der Waals surface area contributed by atoms with Gasteiger partial charge in [0.15, 0.2) is 5.78 Å². The Morgan fingerprint density at radius 2 is 1.71 bits per heavy atom. The van der Waals surface area contributed by atoms with Gasteiger partial charge in [0.1, 0.15) is 17.2 Å². The lowest BCUT2D eigenvalue weighted by atomic mass is 10.0. The molecule has 0 spiro atoms. The number of phenols is 2. The SMILES string of the molecule is COc1ccc2cc(C=CC(=O)c3cc(O)ccc3O)ccc2c1. The van der Waals surface area contributed by atoms with Crippen LogP contribution >= 0.6 is 0 Å². The quantitative estimate of drug-likeness (QED) is 0.430. The molecule has 4 heteroatoms. The van der Waals surface area contributed by atoms with Crippen LogP contribution in [-0.2, 0) is 0 Å². The van der Waals surface area contributed by atoms with Crippen molar-refractivity contribution in [2.75, 3.05) is 7.11 Å². The van der Waals surface area contributed by atoms with Crippen molar-refractivity contribution in [3.8, 4) is 17.2 Å². The first-order chi connectivity index (χ1) is 11.6. The Morgan fingerprint density at radius 3 is 2.50 bits per heavy atom. The summed E-state index contributed by atoms with van der Waals surface area (Å²) < 4.78 is 5.20. The van der Waals surface area contributed by atoms with Crippen LogP contribution in [0, 0.1) is 0 Å². The molecule has 4 nitrogen and oxygen atoms in total. The Kier molecular flexibility index (Phi) is 4.20. The van der Waals surface area contributed by atoms with Crippen molar-refractivity contribution in [1.29, 1.82) is 0 Å². The number of methoxy groups -OCH3 is 1. The molecule has 24 heavy (non-hydrogen) atoms. The van der Waals surface area contributed by atoms with Gasteiger partial charge < -0.3 is 14.9 Å². The van der Waals surface area contributed by atoms with Crippen LogP contribution in [0.2, 0.25) is 0 Å². The number of hydrogen-bond donors (Lipinski definition) is 2. The lowest BCUT2D eigenvalue weighted by molar-refractivity contribution is 0.104. The number of ether oxygens (including phenoxy) is 1. The van der Waals surface area contributed by atoms with E-state index in [0.29, 0.717) is 0 Å². The second kappa shape index (κ2) is 6.46. The first kappa shape index (κ1) is 15.6. The highest BCUT2D eigenvalue weighted by molar-refractivity contribution is 6.09. The molecule has 0 aliphatic rings. The summed E-state index contributed by atoms with van der Waals surface area (Å²) in [6, 6.07) is 15.4. The van der Waals surface area contributed by atoms with Gasteiger partial charge in [-0.05, 0) is 58.8 Å². The Morgan fingerprint density at radius 1 is 0.958 bits per heavy atom. The Hall–Kier alpha value is -3.27. The molecule has 0 saturated carbocycles. The number of carbonyl (C=O) groups is 1. The molecule has 0 aliphatic carbocycles. The third-order valence-corrected chi connectivity index (χ3v) is 3.74. The second-order valence-electron chi connectivity index (χ2n) is 5.37. The molecule has 0 radical (unpaired) electrons. The first-order valence-electron chi connectivity index (χ1n) is 7.39. The molecule has 3 rings (SSSR count). The van der Waals surface area contributed by atoms with Crippen molar-refractivity contribution in [3.05, 3.63) is 71.8 Å². The highest BCUT2D eigenvalue weighted by atomic mass is 16.5. The van der Waals surface area contributed by atoms with Gasteiger partial charge in [-0.25, -0.2) is 0 Å². The summed E-state index contributed by atoms with van der Waals surface area (Å²) >= 11 is 0. The van der Waals surface area contributed by atoms with Crippen LogP contribution in [0.3, 0.4) is 0 Å². The smallest absolute Gasteiger partial charge is 0.189 e. The van der Waals surface area contributed by atoms with E-state index in [1.165, 1.54) is 24.3 Å². The van der Waals surface area contributed by atoms with Crippen LogP contribution in [0.4, 0.5) is 0 Å². The molecule has 0 saturated heterocycles. The summed E-state index contributed by atoms with van der Waals surface area (Å²) in [5, 5.41) is 21.2. The van der Waals surface area contributed by atoms with Crippen molar-refractivity contribution < 1.29 is 19.7 Å². The monoisotopic (exact) mass is 320 g/mol. The lowest BCUT2D eigenvalue weighted by Gasteiger charge is -2.04. The average Bonchev–Trinajstić information content (AvgIpc) is 2.61. The Bertz CT molecular complexity index is 942. The maximum atomic E-state index is 12.2. The van der Waals surface area contributed by atoms with E-state index in [4.69, 9.17) is 4.74 Å². The van der Waals surface area contributed by atoms with Gasteiger partial charge >= 0.3 is 0 Å². The van der Waals surface area contributed by atoms with E-state index in [1.807, 2.05) is 36.4 Å². The normalized spacial score (nSPS) is 11.0. The van der Waals surface area contributed by atoms with Gasteiger partial charge in [-0.15, -0.1) is 0 Å². The minimum Gasteiger partial charge on any atom is -0.508 e. The molecule has 0 aromatic heterocycles. The fourth-order valence-electron chi connectivity index (χ4n) is 2.46. The van der Waals surface area contributed by atoms with Gasteiger partial charge in [0.05, 0.1) is 12.7 Å². The number of aromatic hydroxyl groups is 2. The number of carbonyl (C=O) groups excluding carboxylic acids is 1. The van der Waals surface area contributed by atoms with E-state index in [1.54, 1.807) is 13.2 Å². The van der Waals surface area contributed by atoms with E-state index < -0.39 is 0 Å². The first-order valence-corrected chi connectivity index (χ1v) is 7.39. The molecule has 0 atom stereocenters. The Labute approximate surface area is 139 Å². The van der Waals surface area contributed by atoms with Gasteiger partial charge in [0.2, 0.25) is 0 Å². The predicted octanol–water partition coefficient (Wildman–Crippen LogP) is 4.16. The third-order valence-electron chi connectivity index (χ3n) is 3.74. The zero-order valence-electron chi connectivity index (χ0n) is 13.1. The molecule has 120 valence electrons. The second-order valence-corrected chi connectivity index (χ2v) is 5.37. The number of ketones is 1. The molecule has 0 amide bonds. The van der Waals surface area contributed by atoms with Gasteiger partial charge in [-0.3, -0.25) is 4.79 Å². The zero-order chi connectivity index (χ0) is 17.1. The van der Waals surface area contributed by atoms with E-state index in [-0.39, 0.29) is 22.8 Å². The number of hydrogen-bond acceptors (Lipinski definition) is 4. The van der Waals surface area contributed by atoms with Crippen molar-refractivity contribution in [1.82, 2.24) is 0 Å². The molecular formula is C20H16O4. The molecule has 0 bridgehead atoms. The molecule has 0 heterocycles. The van der Waals surface area contributed by atoms with Crippen molar-refractivity contribution in [2.45, 2.75) is 0 Å². The minimum absolute atomic E-state index is 0.0656. The number of fused-ring (bicyclic) bond motifs is 1. The maximum Gasteiger partial charge on any atom is 0.189 e. The summed E-state index contributed by atoms with van der Waals surface area (Å²) in [6.45, 7) is 0. The Balaban J connectivity index is 1.87. The number of allylic oxidation sites excluding steroid dienone is 1. The molecule has 0 fully saturated rings. The van der Waals surface area contributed by atoms with Gasteiger partial charge in [-0.1, -0.05) is 24.3 Å². The van der Waals surface area contributed by atoms with Crippen molar-refractivity contribution in [3.63, 3.8) is 0 Å². The summed E-state index contributed by atoms with van der Waals surface area (Å²) in [7, 11) is 1.63. The van der Waals surface area contributed by atoms with Crippen LogP contribution in [0.5, 0.6) is 17.2 Å².